The predicted molar refractivity (Wildman–Crippen MR) is 73.2 cm³/mol. The van der Waals surface area contributed by atoms with Crippen molar-refractivity contribution in [3.8, 4) is 0 Å². The van der Waals surface area contributed by atoms with Crippen molar-refractivity contribution in [2.75, 3.05) is 5.32 Å². The Morgan fingerprint density at radius 1 is 1.16 bits per heavy atom. The number of halogens is 3. The molecule has 0 spiro atoms. The summed E-state index contributed by atoms with van der Waals surface area (Å²) in [5.41, 5.74) is 1.30. The van der Waals surface area contributed by atoms with Crippen LogP contribution in [0.3, 0.4) is 0 Å². The van der Waals surface area contributed by atoms with Crippen molar-refractivity contribution in [3.63, 3.8) is 0 Å². The van der Waals surface area contributed by atoms with E-state index in [0.717, 1.165) is 6.07 Å². The molecule has 0 unspecified atom stereocenters. The maximum absolute atomic E-state index is 13.3. The first-order chi connectivity index (χ1) is 8.97. The summed E-state index contributed by atoms with van der Waals surface area (Å²) in [4.78, 5) is 11.9. The summed E-state index contributed by atoms with van der Waals surface area (Å²) < 4.78 is 26.6. The van der Waals surface area contributed by atoms with Crippen molar-refractivity contribution in [2.45, 2.75) is 6.92 Å². The number of anilines is 1. The van der Waals surface area contributed by atoms with Gasteiger partial charge >= 0.3 is 0 Å². The van der Waals surface area contributed by atoms with Crippen LogP contribution in [0, 0.1) is 18.6 Å². The molecule has 2 nitrogen and oxygen atoms in total. The third kappa shape index (κ3) is 3.17. The molecular weight excluding hydrogens is 316 g/mol. The van der Waals surface area contributed by atoms with Gasteiger partial charge in [0.05, 0.1) is 4.47 Å². The van der Waals surface area contributed by atoms with Gasteiger partial charge < -0.3 is 5.32 Å². The zero-order chi connectivity index (χ0) is 14.0. The second-order valence-electron chi connectivity index (χ2n) is 4.04. The SMILES string of the molecule is Cc1cc(F)ccc1NC(=O)c1ccc(Br)c(F)c1. The van der Waals surface area contributed by atoms with E-state index >= 15 is 0 Å². The van der Waals surface area contributed by atoms with E-state index in [2.05, 4.69) is 21.2 Å². The van der Waals surface area contributed by atoms with E-state index in [1.807, 2.05) is 0 Å². The molecule has 0 aliphatic carbocycles. The Labute approximate surface area is 117 Å². The minimum absolute atomic E-state index is 0.199. The van der Waals surface area contributed by atoms with Gasteiger partial charge in [-0.3, -0.25) is 4.79 Å². The van der Waals surface area contributed by atoms with Crippen LogP contribution in [0.1, 0.15) is 15.9 Å². The lowest BCUT2D eigenvalue weighted by molar-refractivity contribution is 0.102. The molecule has 0 saturated carbocycles. The second-order valence-corrected chi connectivity index (χ2v) is 4.90. The number of benzene rings is 2. The minimum Gasteiger partial charge on any atom is -0.322 e. The van der Waals surface area contributed by atoms with Gasteiger partial charge in [0.2, 0.25) is 0 Å². The van der Waals surface area contributed by atoms with E-state index in [4.69, 9.17) is 0 Å². The van der Waals surface area contributed by atoms with Crippen LogP contribution >= 0.6 is 15.9 Å². The second kappa shape index (κ2) is 5.48. The van der Waals surface area contributed by atoms with E-state index in [0.29, 0.717) is 15.7 Å². The molecule has 98 valence electrons. The number of hydrogen-bond donors (Lipinski definition) is 1. The average Bonchev–Trinajstić information content (AvgIpc) is 2.36. The predicted octanol–water partition coefficient (Wildman–Crippen LogP) is 4.29. The maximum Gasteiger partial charge on any atom is 0.255 e. The van der Waals surface area contributed by atoms with Crippen LogP contribution in [-0.2, 0) is 0 Å². The molecule has 0 fully saturated rings. The molecule has 2 aromatic rings. The van der Waals surface area contributed by atoms with Gasteiger partial charge in [-0.25, -0.2) is 8.78 Å². The molecule has 0 saturated heterocycles. The smallest absolute Gasteiger partial charge is 0.255 e. The van der Waals surface area contributed by atoms with Crippen molar-refractivity contribution in [1.29, 1.82) is 0 Å². The molecule has 0 aliphatic rings. The maximum atomic E-state index is 13.3. The fourth-order valence-electron chi connectivity index (χ4n) is 1.60. The quantitative estimate of drug-likeness (QED) is 0.876. The number of rotatable bonds is 2. The Morgan fingerprint density at radius 3 is 2.53 bits per heavy atom. The molecule has 0 aromatic heterocycles. The highest BCUT2D eigenvalue weighted by atomic mass is 79.9. The summed E-state index contributed by atoms with van der Waals surface area (Å²) in [6, 6.07) is 8.14. The van der Waals surface area contributed by atoms with Crippen LogP contribution in [0.2, 0.25) is 0 Å². The van der Waals surface area contributed by atoms with E-state index < -0.39 is 11.7 Å². The van der Waals surface area contributed by atoms with E-state index in [1.165, 1.54) is 30.3 Å². The van der Waals surface area contributed by atoms with Crippen LogP contribution in [-0.4, -0.2) is 5.91 Å². The Hall–Kier alpha value is -1.75. The zero-order valence-corrected chi connectivity index (χ0v) is 11.6. The molecule has 1 N–H and O–H groups in total. The van der Waals surface area contributed by atoms with Gasteiger partial charge in [-0.1, -0.05) is 0 Å². The molecule has 2 aromatic carbocycles. The first-order valence-corrected chi connectivity index (χ1v) is 6.29. The molecule has 0 bridgehead atoms. The standard InChI is InChI=1S/C14H10BrF2NO/c1-8-6-10(16)3-5-13(8)18-14(19)9-2-4-11(15)12(17)7-9/h2-7H,1H3,(H,18,19). The summed E-state index contributed by atoms with van der Waals surface area (Å²) in [6.45, 7) is 1.68. The lowest BCUT2D eigenvalue weighted by Gasteiger charge is -2.08. The topological polar surface area (TPSA) is 29.1 Å². The van der Waals surface area contributed by atoms with Crippen LogP contribution < -0.4 is 5.32 Å². The molecule has 0 aliphatic heterocycles. The van der Waals surface area contributed by atoms with Crippen LogP contribution in [0.5, 0.6) is 0 Å². The fraction of sp³-hybridized carbons (Fsp3) is 0.0714. The molecule has 2 rings (SSSR count). The highest BCUT2D eigenvalue weighted by Gasteiger charge is 2.10. The molecule has 5 heteroatoms. The van der Waals surface area contributed by atoms with Gasteiger partial charge in [0.25, 0.3) is 5.91 Å². The fourth-order valence-corrected chi connectivity index (χ4v) is 1.85. The zero-order valence-electron chi connectivity index (χ0n) is 10.0. The van der Waals surface area contributed by atoms with Crippen LogP contribution in [0.15, 0.2) is 40.9 Å². The van der Waals surface area contributed by atoms with E-state index in [1.54, 1.807) is 6.92 Å². The summed E-state index contributed by atoms with van der Waals surface area (Å²) in [6.07, 6.45) is 0. The first-order valence-electron chi connectivity index (χ1n) is 5.50. The molecule has 0 radical (unpaired) electrons. The van der Waals surface area contributed by atoms with E-state index in [-0.39, 0.29) is 11.4 Å². The Morgan fingerprint density at radius 2 is 1.89 bits per heavy atom. The average molecular weight is 326 g/mol. The van der Waals surface area contributed by atoms with Gasteiger partial charge in [-0.05, 0) is 64.8 Å². The summed E-state index contributed by atoms with van der Waals surface area (Å²) in [5, 5.41) is 2.61. The van der Waals surface area contributed by atoms with Gasteiger partial charge in [-0.15, -0.1) is 0 Å². The molecular formula is C14H10BrF2NO. The van der Waals surface area contributed by atoms with Gasteiger partial charge in [0, 0.05) is 11.3 Å². The number of hydrogen-bond acceptors (Lipinski definition) is 1. The van der Waals surface area contributed by atoms with Crippen molar-refractivity contribution in [3.05, 3.63) is 63.6 Å². The van der Waals surface area contributed by atoms with Crippen LogP contribution in [0.25, 0.3) is 0 Å². The molecule has 0 atom stereocenters. The molecule has 1 amide bonds. The first kappa shape index (κ1) is 13.7. The monoisotopic (exact) mass is 325 g/mol. The minimum atomic E-state index is -0.511. The highest BCUT2D eigenvalue weighted by molar-refractivity contribution is 9.10. The summed E-state index contributed by atoms with van der Waals surface area (Å²) >= 11 is 3.02. The normalized spacial score (nSPS) is 10.3. The van der Waals surface area contributed by atoms with Crippen molar-refractivity contribution >= 4 is 27.5 Å². The largest absolute Gasteiger partial charge is 0.322 e. The number of aryl methyl sites for hydroxylation is 1. The lowest BCUT2D eigenvalue weighted by Crippen LogP contribution is -2.13. The summed E-state index contributed by atoms with van der Waals surface area (Å²) in [5.74, 6) is -1.32. The Kier molecular flexibility index (Phi) is 3.95. The molecule has 0 heterocycles. The molecule has 19 heavy (non-hydrogen) atoms. The Bertz CT molecular complexity index is 643. The lowest BCUT2D eigenvalue weighted by atomic mass is 10.1. The van der Waals surface area contributed by atoms with E-state index in [9.17, 15) is 13.6 Å². The highest BCUT2D eigenvalue weighted by Crippen LogP contribution is 2.19. The van der Waals surface area contributed by atoms with Crippen LogP contribution in [0.4, 0.5) is 14.5 Å². The number of carbonyl (C=O) groups excluding carboxylic acids is 1. The van der Waals surface area contributed by atoms with Crippen molar-refractivity contribution in [1.82, 2.24) is 0 Å². The number of amides is 1. The summed E-state index contributed by atoms with van der Waals surface area (Å²) in [7, 11) is 0. The van der Waals surface area contributed by atoms with Crippen molar-refractivity contribution < 1.29 is 13.6 Å². The van der Waals surface area contributed by atoms with Gasteiger partial charge in [-0.2, -0.15) is 0 Å². The third-order valence-electron chi connectivity index (χ3n) is 2.62. The number of nitrogens with one attached hydrogen (secondary N) is 1. The van der Waals surface area contributed by atoms with Gasteiger partial charge in [0.15, 0.2) is 0 Å². The third-order valence-corrected chi connectivity index (χ3v) is 3.26. The Balaban J connectivity index is 2.23. The van der Waals surface area contributed by atoms with Gasteiger partial charge in [0.1, 0.15) is 11.6 Å². The number of carbonyl (C=O) groups is 1. The van der Waals surface area contributed by atoms with Crippen molar-refractivity contribution in [2.24, 2.45) is 0 Å².